The zero-order valence-electron chi connectivity index (χ0n) is 26.4. The van der Waals surface area contributed by atoms with E-state index < -0.39 is 38.0 Å². The van der Waals surface area contributed by atoms with Gasteiger partial charge < -0.3 is 20.7 Å². The maximum atomic E-state index is 13.7. The fraction of sp³-hybridized carbons (Fsp3) is 0.0278. The minimum Gasteiger partial charge on any atom is -0.497 e. The van der Waals surface area contributed by atoms with Gasteiger partial charge in [-0.05, 0) is 83.6 Å². The van der Waals surface area contributed by atoms with Crippen LogP contribution in [-0.4, -0.2) is 50.8 Å². The number of hydrogen-bond donors (Lipinski definition) is 5. The lowest BCUT2D eigenvalue weighted by Crippen LogP contribution is -2.18. The molecule has 0 aliphatic carbocycles. The van der Waals surface area contributed by atoms with Crippen LogP contribution in [0.4, 0.5) is 17.1 Å². The van der Waals surface area contributed by atoms with Gasteiger partial charge >= 0.3 is 0 Å². The molecule has 6 aromatic rings. The molecular formula is C36H27N3O10S2. The average molecular weight is 726 g/mol. The van der Waals surface area contributed by atoms with Gasteiger partial charge in [0.15, 0.2) is 0 Å². The Morgan fingerprint density at radius 3 is 1.47 bits per heavy atom. The summed E-state index contributed by atoms with van der Waals surface area (Å²) in [5.41, 5.74) is 0.909. The molecule has 0 unspecified atom stereocenters. The summed E-state index contributed by atoms with van der Waals surface area (Å²) >= 11 is 0. The van der Waals surface area contributed by atoms with Gasteiger partial charge in [-0.2, -0.15) is 16.8 Å². The Bertz CT molecular complexity index is 2480. The highest BCUT2D eigenvalue weighted by Crippen LogP contribution is 2.29. The monoisotopic (exact) mass is 725 g/mol. The Labute approximate surface area is 291 Å². The van der Waals surface area contributed by atoms with E-state index in [1.807, 2.05) is 0 Å². The quantitative estimate of drug-likeness (QED) is 0.106. The standard InChI is InChI=1S/C36H27N3O10S2/c1-49-27-8-2-7-23(18-27)34(40)37-26-16-24(35(41)38-32-9-3-5-21-19-28(50(43,44)45)11-13-30(21)32)15-25(17-26)36(42)39-33-10-4-6-22-20-29(51(46,47)48)12-14-31(22)33/h2-20H,1H3,(H,37,40)(H,38,41)(H,39,42)(H,43,44,45)(H,46,47,48). The number of nitrogens with one attached hydrogen (secondary N) is 3. The number of amides is 3. The molecule has 3 amide bonds. The third kappa shape index (κ3) is 7.71. The summed E-state index contributed by atoms with van der Waals surface area (Å²) in [6, 6.07) is 27.7. The van der Waals surface area contributed by atoms with Crippen LogP contribution in [0, 0.1) is 0 Å². The van der Waals surface area contributed by atoms with E-state index in [1.54, 1.807) is 54.6 Å². The van der Waals surface area contributed by atoms with Crippen LogP contribution in [0.25, 0.3) is 21.5 Å². The van der Waals surface area contributed by atoms with Gasteiger partial charge in [-0.25, -0.2) is 0 Å². The Morgan fingerprint density at radius 2 is 1.00 bits per heavy atom. The summed E-state index contributed by atoms with van der Waals surface area (Å²) in [6.07, 6.45) is 0. The van der Waals surface area contributed by atoms with E-state index in [9.17, 15) is 40.3 Å². The fourth-order valence-electron chi connectivity index (χ4n) is 5.38. The van der Waals surface area contributed by atoms with Crippen molar-refractivity contribution in [2.24, 2.45) is 0 Å². The highest BCUT2D eigenvalue weighted by atomic mass is 32.2. The number of benzene rings is 6. The lowest BCUT2D eigenvalue weighted by atomic mass is 10.0. The molecule has 0 atom stereocenters. The van der Waals surface area contributed by atoms with Gasteiger partial charge in [0, 0.05) is 44.5 Å². The predicted octanol–water partition coefficient (Wildman–Crippen LogP) is 6.25. The third-order valence-electron chi connectivity index (χ3n) is 7.84. The summed E-state index contributed by atoms with van der Waals surface area (Å²) in [5, 5.41) is 10.0. The molecule has 15 heteroatoms. The number of carbonyl (C=O) groups is 3. The van der Waals surface area contributed by atoms with Crippen LogP contribution < -0.4 is 20.7 Å². The molecule has 0 spiro atoms. The first kappa shape index (κ1) is 34.7. The van der Waals surface area contributed by atoms with Gasteiger partial charge in [0.25, 0.3) is 38.0 Å². The maximum Gasteiger partial charge on any atom is 0.294 e. The number of ether oxygens (including phenoxy) is 1. The molecule has 5 N–H and O–H groups in total. The molecule has 51 heavy (non-hydrogen) atoms. The van der Waals surface area contributed by atoms with Crippen LogP contribution in [0.3, 0.4) is 0 Å². The Hall–Kier alpha value is -6.13. The van der Waals surface area contributed by atoms with Crippen LogP contribution in [0.1, 0.15) is 31.1 Å². The van der Waals surface area contributed by atoms with Gasteiger partial charge in [-0.3, -0.25) is 23.5 Å². The highest BCUT2D eigenvalue weighted by Gasteiger charge is 2.19. The molecule has 6 aromatic carbocycles. The largest absolute Gasteiger partial charge is 0.497 e. The first-order valence-electron chi connectivity index (χ1n) is 14.9. The fourth-order valence-corrected chi connectivity index (χ4v) is 6.41. The van der Waals surface area contributed by atoms with Gasteiger partial charge in [0.2, 0.25) is 0 Å². The van der Waals surface area contributed by atoms with E-state index in [2.05, 4.69) is 16.0 Å². The van der Waals surface area contributed by atoms with Crippen LogP contribution in [0.15, 0.2) is 125 Å². The highest BCUT2D eigenvalue weighted by molar-refractivity contribution is 7.86. The molecule has 6 rings (SSSR count). The van der Waals surface area contributed by atoms with Crippen LogP contribution >= 0.6 is 0 Å². The zero-order chi connectivity index (χ0) is 36.5. The van der Waals surface area contributed by atoms with Crippen molar-refractivity contribution in [1.29, 1.82) is 0 Å². The van der Waals surface area contributed by atoms with Gasteiger partial charge in [0.05, 0.1) is 16.9 Å². The first-order valence-corrected chi connectivity index (χ1v) is 17.8. The van der Waals surface area contributed by atoms with E-state index in [4.69, 9.17) is 4.74 Å². The van der Waals surface area contributed by atoms with Crippen molar-refractivity contribution in [3.63, 3.8) is 0 Å². The molecule has 0 aliphatic rings. The van der Waals surface area contributed by atoms with Crippen molar-refractivity contribution in [2.75, 3.05) is 23.1 Å². The number of hydrogen-bond acceptors (Lipinski definition) is 8. The van der Waals surface area contributed by atoms with Crippen molar-refractivity contribution in [1.82, 2.24) is 0 Å². The average Bonchev–Trinajstić information content (AvgIpc) is 3.10. The van der Waals surface area contributed by atoms with Crippen molar-refractivity contribution >= 4 is 76.6 Å². The summed E-state index contributed by atoms with van der Waals surface area (Å²) < 4.78 is 70.8. The second kappa shape index (κ2) is 13.6. The van der Waals surface area contributed by atoms with Gasteiger partial charge in [-0.15, -0.1) is 0 Å². The first-order chi connectivity index (χ1) is 24.2. The molecule has 0 bridgehead atoms. The summed E-state index contributed by atoms with van der Waals surface area (Å²) in [4.78, 5) is 40.0. The van der Waals surface area contributed by atoms with Crippen LogP contribution in [0.2, 0.25) is 0 Å². The van der Waals surface area contributed by atoms with E-state index in [1.165, 1.54) is 67.8 Å². The minimum absolute atomic E-state index is 0.0223. The number of anilines is 3. The number of rotatable bonds is 9. The second-order valence-electron chi connectivity index (χ2n) is 11.2. The van der Waals surface area contributed by atoms with E-state index in [0.717, 1.165) is 0 Å². The lowest BCUT2D eigenvalue weighted by Gasteiger charge is -2.14. The van der Waals surface area contributed by atoms with Gasteiger partial charge in [0.1, 0.15) is 5.75 Å². The zero-order valence-corrected chi connectivity index (χ0v) is 28.1. The van der Waals surface area contributed by atoms with Crippen molar-refractivity contribution < 1.29 is 45.1 Å². The molecule has 0 fully saturated rings. The van der Waals surface area contributed by atoms with Crippen molar-refractivity contribution in [3.8, 4) is 5.75 Å². The molecule has 0 heterocycles. The Morgan fingerprint density at radius 1 is 0.529 bits per heavy atom. The van der Waals surface area contributed by atoms with Crippen LogP contribution in [-0.2, 0) is 20.2 Å². The van der Waals surface area contributed by atoms with E-state index >= 15 is 0 Å². The van der Waals surface area contributed by atoms with Crippen LogP contribution in [0.5, 0.6) is 5.75 Å². The number of fused-ring (bicyclic) bond motifs is 2. The SMILES string of the molecule is COc1cccc(C(=O)Nc2cc(C(=O)Nc3cccc4cc(S(=O)(=O)O)ccc34)cc(C(=O)Nc3cccc4cc(S(=O)(=O)O)ccc34)c2)c1. The molecular weight excluding hydrogens is 699 g/mol. The Kier molecular flexibility index (Phi) is 9.29. The second-order valence-corrected chi connectivity index (χ2v) is 14.1. The molecule has 0 radical (unpaired) electrons. The summed E-state index contributed by atoms with van der Waals surface area (Å²) in [7, 11) is -7.48. The topological polar surface area (TPSA) is 205 Å². The number of carbonyl (C=O) groups excluding carboxylic acids is 3. The van der Waals surface area contributed by atoms with Crippen molar-refractivity contribution in [3.05, 3.63) is 132 Å². The maximum absolute atomic E-state index is 13.7. The minimum atomic E-state index is -4.47. The van der Waals surface area contributed by atoms with E-state index in [0.29, 0.717) is 38.7 Å². The van der Waals surface area contributed by atoms with Crippen molar-refractivity contribution in [2.45, 2.75) is 9.79 Å². The summed E-state index contributed by atoms with van der Waals surface area (Å²) in [6.45, 7) is 0. The molecule has 258 valence electrons. The molecule has 0 aliphatic heterocycles. The smallest absolute Gasteiger partial charge is 0.294 e. The normalized spacial score (nSPS) is 11.6. The third-order valence-corrected chi connectivity index (χ3v) is 9.54. The Balaban J connectivity index is 1.36. The lowest BCUT2D eigenvalue weighted by molar-refractivity contribution is 0.101. The predicted molar refractivity (Wildman–Crippen MR) is 191 cm³/mol. The van der Waals surface area contributed by atoms with E-state index in [-0.39, 0.29) is 32.2 Å². The summed E-state index contributed by atoms with van der Waals surface area (Å²) in [5.74, 6) is -1.45. The molecule has 0 aromatic heterocycles. The molecule has 13 nitrogen and oxygen atoms in total. The van der Waals surface area contributed by atoms with Gasteiger partial charge in [-0.1, -0.05) is 42.5 Å². The molecule has 0 saturated heterocycles. The molecule has 0 saturated carbocycles. The number of methoxy groups -OCH3 is 1.